The van der Waals surface area contributed by atoms with E-state index in [9.17, 15) is 0 Å². The number of unbranched alkanes of at least 4 members (excludes halogenated alkanes) is 6. The summed E-state index contributed by atoms with van der Waals surface area (Å²) in [5, 5.41) is 0. The first kappa shape index (κ1) is 24.2. The van der Waals surface area contributed by atoms with Crippen LogP contribution in [0.3, 0.4) is 0 Å². The molecule has 4 heteroatoms. The molecule has 0 aliphatic carbocycles. The molecular weight excluding hydrogens is 536 g/mol. The fourth-order valence-corrected chi connectivity index (χ4v) is 7.29. The van der Waals surface area contributed by atoms with Crippen LogP contribution in [0.5, 0.6) is 0 Å². The van der Waals surface area contributed by atoms with Gasteiger partial charge >= 0.3 is 0 Å². The van der Waals surface area contributed by atoms with E-state index < -0.39 is 0 Å². The Morgan fingerprint density at radius 1 is 0.667 bits per heavy atom. The molecule has 2 aromatic heterocycles. The molecule has 1 aromatic carbocycles. The molecular formula is C26H32Br2S2. The van der Waals surface area contributed by atoms with Crippen molar-refractivity contribution in [2.75, 3.05) is 0 Å². The number of aryl methyl sites for hydroxylation is 2. The molecule has 0 spiro atoms. The summed E-state index contributed by atoms with van der Waals surface area (Å²) in [6.07, 6.45) is 12.9. The second-order valence-electron chi connectivity index (χ2n) is 8.01. The van der Waals surface area contributed by atoms with E-state index in [-0.39, 0.29) is 0 Å². The van der Waals surface area contributed by atoms with Gasteiger partial charge in [-0.25, -0.2) is 0 Å². The lowest BCUT2D eigenvalue weighted by Crippen LogP contribution is -1.86. The molecule has 30 heavy (non-hydrogen) atoms. The maximum absolute atomic E-state index is 3.80. The second-order valence-corrected chi connectivity index (χ2v) is 12.8. The van der Waals surface area contributed by atoms with Crippen LogP contribution in [0.1, 0.15) is 76.3 Å². The van der Waals surface area contributed by atoms with Crippen LogP contribution in [0, 0.1) is 0 Å². The Morgan fingerprint density at radius 2 is 1.27 bits per heavy atom. The second kappa shape index (κ2) is 12.6. The fraction of sp³-hybridized carbons (Fsp3) is 0.462. The molecule has 3 rings (SSSR count). The van der Waals surface area contributed by atoms with Gasteiger partial charge < -0.3 is 0 Å². The predicted molar refractivity (Wildman–Crippen MR) is 144 cm³/mol. The van der Waals surface area contributed by atoms with Crippen molar-refractivity contribution < 1.29 is 0 Å². The Bertz CT molecular complexity index is 906. The topological polar surface area (TPSA) is 0 Å². The molecule has 0 nitrogen and oxygen atoms in total. The van der Waals surface area contributed by atoms with Crippen molar-refractivity contribution in [2.45, 2.75) is 78.1 Å². The maximum atomic E-state index is 3.80. The Kier molecular flexibility index (Phi) is 10.2. The average Bonchev–Trinajstić information content (AvgIpc) is 3.31. The first-order chi connectivity index (χ1) is 14.6. The lowest BCUT2D eigenvalue weighted by Gasteiger charge is -2.05. The van der Waals surface area contributed by atoms with Gasteiger partial charge in [0.25, 0.3) is 0 Å². The summed E-state index contributed by atoms with van der Waals surface area (Å²) in [5.74, 6) is 0. The molecule has 2 heterocycles. The van der Waals surface area contributed by atoms with Crippen molar-refractivity contribution in [1.82, 2.24) is 0 Å². The highest BCUT2D eigenvalue weighted by Gasteiger charge is 2.12. The largest absolute Gasteiger partial charge is 0.128 e. The first-order valence-corrected chi connectivity index (χ1v) is 14.5. The van der Waals surface area contributed by atoms with Crippen molar-refractivity contribution in [3.8, 4) is 20.9 Å². The normalized spacial score (nSPS) is 11.3. The summed E-state index contributed by atoms with van der Waals surface area (Å²) in [5.41, 5.74) is 5.62. The third-order valence-corrected chi connectivity index (χ3v) is 9.31. The SMILES string of the molecule is CCCCCCc1cc(-c2ccc(-c3sc(Br)cc3CCCCCC)cc2)sc1Br. The Hall–Kier alpha value is -0.420. The zero-order chi connectivity index (χ0) is 21.3. The minimum atomic E-state index is 1.18. The molecule has 0 N–H and O–H groups in total. The summed E-state index contributed by atoms with van der Waals surface area (Å²) in [6.45, 7) is 4.54. The van der Waals surface area contributed by atoms with Gasteiger partial charge in [0.2, 0.25) is 0 Å². The van der Waals surface area contributed by atoms with Crippen LogP contribution >= 0.6 is 54.5 Å². The van der Waals surface area contributed by atoms with E-state index in [1.165, 1.54) is 104 Å². The average molecular weight is 568 g/mol. The molecule has 0 radical (unpaired) electrons. The van der Waals surface area contributed by atoms with E-state index in [4.69, 9.17) is 0 Å². The zero-order valence-electron chi connectivity index (χ0n) is 18.1. The summed E-state index contributed by atoms with van der Waals surface area (Å²) in [6, 6.07) is 13.9. The van der Waals surface area contributed by atoms with Gasteiger partial charge in [-0.2, -0.15) is 0 Å². The summed E-state index contributed by atoms with van der Waals surface area (Å²) < 4.78 is 2.54. The molecule has 0 aliphatic rings. The van der Waals surface area contributed by atoms with Crippen LogP contribution in [-0.2, 0) is 12.8 Å². The van der Waals surface area contributed by atoms with Gasteiger partial charge in [0.15, 0.2) is 0 Å². The monoisotopic (exact) mass is 566 g/mol. The van der Waals surface area contributed by atoms with E-state index in [0.717, 1.165) is 0 Å². The van der Waals surface area contributed by atoms with Crippen molar-refractivity contribution in [3.63, 3.8) is 0 Å². The first-order valence-electron chi connectivity index (χ1n) is 11.3. The number of hydrogen-bond donors (Lipinski definition) is 0. The van der Waals surface area contributed by atoms with E-state index >= 15 is 0 Å². The van der Waals surface area contributed by atoms with Crippen molar-refractivity contribution in [3.05, 3.63) is 55.1 Å². The Morgan fingerprint density at radius 3 is 1.90 bits per heavy atom. The fourth-order valence-electron chi connectivity index (χ4n) is 3.81. The van der Waals surface area contributed by atoms with E-state index in [2.05, 4.69) is 82.1 Å². The number of hydrogen-bond acceptors (Lipinski definition) is 2. The van der Waals surface area contributed by atoms with Crippen LogP contribution in [-0.4, -0.2) is 0 Å². The molecule has 0 fully saturated rings. The number of halogens is 2. The van der Waals surface area contributed by atoms with Crippen LogP contribution in [0.15, 0.2) is 44.0 Å². The van der Waals surface area contributed by atoms with Crippen molar-refractivity contribution in [2.24, 2.45) is 0 Å². The highest BCUT2D eigenvalue weighted by Crippen LogP contribution is 2.39. The Balaban J connectivity index is 1.70. The molecule has 3 aromatic rings. The highest BCUT2D eigenvalue weighted by atomic mass is 79.9. The molecule has 0 unspecified atom stereocenters. The summed E-state index contributed by atoms with van der Waals surface area (Å²) >= 11 is 11.2. The van der Waals surface area contributed by atoms with Crippen LogP contribution in [0.25, 0.3) is 20.9 Å². The van der Waals surface area contributed by atoms with Gasteiger partial charge in [0, 0.05) is 9.75 Å². The highest BCUT2D eigenvalue weighted by molar-refractivity contribution is 9.11. The number of rotatable bonds is 12. The van der Waals surface area contributed by atoms with Crippen molar-refractivity contribution in [1.29, 1.82) is 0 Å². The zero-order valence-corrected chi connectivity index (χ0v) is 22.9. The molecule has 0 bridgehead atoms. The van der Waals surface area contributed by atoms with E-state index in [0.29, 0.717) is 0 Å². The molecule has 0 aliphatic heterocycles. The van der Waals surface area contributed by atoms with Gasteiger partial charge in [0.05, 0.1) is 7.57 Å². The number of benzene rings is 1. The van der Waals surface area contributed by atoms with E-state index in [1.54, 1.807) is 0 Å². The quantitative estimate of drug-likeness (QED) is 0.191. The standard InChI is InChI=1S/C26H32Br2S2/c1-3-5-7-9-11-21-18-24(27)30-25(21)20-15-13-19(14-16-20)23-17-22(26(28)29-23)12-10-8-6-4-2/h13-18H,3-12H2,1-2H3. The van der Waals surface area contributed by atoms with Gasteiger partial charge in [-0.3, -0.25) is 0 Å². The minimum Gasteiger partial charge on any atom is -0.128 e. The smallest absolute Gasteiger partial charge is 0.0737 e. The third kappa shape index (κ3) is 6.79. The van der Waals surface area contributed by atoms with Crippen LogP contribution in [0.4, 0.5) is 0 Å². The molecule has 0 saturated carbocycles. The molecule has 0 amide bonds. The Labute approximate surface area is 207 Å². The van der Waals surface area contributed by atoms with Gasteiger partial charge in [0.1, 0.15) is 0 Å². The van der Waals surface area contributed by atoms with Gasteiger partial charge in [-0.15, -0.1) is 22.7 Å². The lowest BCUT2D eigenvalue weighted by atomic mass is 10.0. The molecule has 162 valence electrons. The summed E-state index contributed by atoms with van der Waals surface area (Å²) in [4.78, 5) is 2.79. The van der Waals surface area contributed by atoms with Crippen molar-refractivity contribution >= 4 is 54.5 Å². The summed E-state index contributed by atoms with van der Waals surface area (Å²) in [7, 11) is 0. The lowest BCUT2D eigenvalue weighted by molar-refractivity contribution is 0.667. The van der Waals surface area contributed by atoms with Crippen LogP contribution in [0.2, 0.25) is 0 Å². The van der Waals surface area contributed by atoms with Gasteiger partial charge in [-0.1, -0.05) is 76.6 Å². The molecule has 0 saturated heterocycles. The van der Waals surface area contributed by atoms with E-state index in [1.807, 2.05) is 22.7 Å². The maximum Gasteiger partial charge on any atom is 0.0737 e. The number of thiophene rings is 2. The predicted octanol–water partition coefficient (Wildman–Crippen LogP) is 10.9. The van der Waals surface area contributed by atoms with Gasteiger partial charge in [-0.05, 0) is 91.9 Å². The third-order valence-electron chi connectivity index (χ3n) is 5.57. The minimum absolute atomic E-state index is 1.18. The van der Waals surface area contributed by atoms with Crippen LogP contribution < -0.4 is 0 Å². The molecule has 0 atom stereocenters.